The number of aromatic nitrogens is 1. The number of hydrogen-bond donors (Lipinski definition) is 2. The second-order valence-electron chi connectivity index (χ2n) is 5.54. The van der Waals surface area contributed by atoms with Crippen LogP contribution in [-0.2, 0) is 11.2 Å². The molecule has 0 bridgehead atoms. The molecule has 5 heteroatoms. The van der Waals surface area contributed by atoms with E-state index in [-0.39, 0.29) is 18.2 Å². The van der Waals surface area contributed by atoms with Crippen molar-refractivity contribution in [3.05, 3.63) is 29.3 Å². The molecule has 21 heavy (non-hydrogen) atoms. The molecular weight excluding hydrogens is 284 g/mol. The molecule has 0 spiro atoms. The standard InChI is InChI=1S/C16H22N2O2S/c1-11(2)13(19)10-15(20)17-9-5-8-16-18-12-6-3-4-7-14(12)21-16/h3-4,6-7,11,13,19H,5,8-10H2,1-2H3,(H,17,20). The Bertz CT molecular complexity index is 562. The molecule has 0 fully saturated rings. The van der Waals surface area contributed by atoms with Gasteiger partial charge >= 0.3 is 0 Å². The molecule has 0 radical (unpaired) electrons. The van der Waals surface area contributed by atoms with Crippen LogP contribution in [0.3, 0.4) is 0 Å². The Kier molecular flexibility index (Phi) is 5.70. The Morgan fingerprint density at radius 1 is 1.38 bits per heavy atom. The van der Waals surface area contributed by atoms with Gasteiger partial charge in [-0.15, -0.1) is 11.3 Å². The van der Waals surface area contributed by atoms with Gasteiger partial charge in [0.25, 0.3) is 0 Å². The van der Waals surface area contributed by atoms with Crippen LogP contribution >= 0.6 is 11.3 Å². The average Bonchev–Trinajstić information content (AvgIpc) is 2.86. The zero-order valence-corrected chi connectivity index (χ0v) is 13.3. The first kappa shape index (κ1) is 15.9. The van der Waals surface area contributed by atoms with Gasteiger partial charge in [-0.25, -0.2) is 4.98 Å². The van der Waals surface area contributed by atoms with Gasteiger partial charge in [-0.2, -0.15) is 0 Å². The Hall–Kier alpha value is -1.46. The van der Waals surface area contributed by atoms with Gasteiger partial charge in [0.2, 0.25) is 5.91 Å². The van der Waals surface area contributed by atoms with Crippen LogP contribution in [0.15, 0.2) is 24.3 Å². The van der Waals surface area contributed by atoms with Crippen LogP contribution in [0, 0.1) is 5.92 Å². The van der Waals surface area contributed by atoms with E-state index in [1.165, 1.54) is 4.70 Å². The first-order chi connectivity index (χ1) is 10.1. The van der Waals surface area contributed by atoms with Gasteiger partial charge in [0.05, 0.1) is 27.7 Å². The van der Waals surface area contributed by atoms with E-state index in [4.69, 9.17) is 0 Å². The van der Waals surface area contributed by atoms with Crippen molar-refractivity contribution in [3.8, 4) is 0 Å². The number of rotatable bonds is 7. The van der Waals surface area contributed by atoms with Crippen molar-refractivity contribution in [2.45, 2.75) is 39.2 Å². The maximum Gasteiger partial charge on any atom is 0.222 e. The largest absolute Gasteiger partial charge is 0.392 e. The van der Waals surface area contributed by atoms with Crippen molar-refractivity contribution in [2.24, 2.45) is 5.92 Å². The number of fused-ring (bicyclic) bond motifs is 1. The second-order valence-corrected chi connectivity index (χ2v) is 6.66. The highest BCUT2D eigenvalue weighted by Crippen LogP contribution is 2.22. The lowest BCUT2D eigenvalue weighted by atomic mass is 10.0. The number of para-hydroxylation sites is 1. The van der Waals surface area contributed by atoms with E-state index >= 15 is 0 Å². The van der Waals surface area contributed by atoms with Crippen LogP contribution in [0.2, 0.25) is 0 Å². The van der Waals surface area contributed by atoms with E-state index in [1.54, 1.807) is 11.3 Å². The Labute approximate surface area is 129 Å². The SMILES string of the molecule is CC(C)C(O)CC(=O)NCCCc1nc2ccccc2s1. The van der Waals surface area contributed by atoms with Crippen LogP contribution < -0.4 is 5.32 Å². The summed E-state index contributed by atoms with van der Waals surface area (Å²) in [6.45, 7) is 4.44. The van der Waals surface area contributed by atoms with E-state index in [9.17, 15) is 9.90 Å². The van der Waals surface area contributed by atoms with E-state index in [1.807, 2.05) is 32.0 Å². The molecule has 1 aromatic carbocycles. The molecule has 1 unspecified atom stereocenters. The number of nitrogens with one attached hydrogen (secondary N) is 1. The summed E-state index contributed by atoms with van der Waals surface area (Å²) in [6.07, 6.45) is 1.35. The molecule has 1 heterocycles. The number of aryl methyl sites for hydroxylation is 1. The second kappa shape index (κ2) is 7.52. The molecule has 0 aliphatic heterocycles. The molecule has 0 aliphatic carbocycles. The van der Waals surface area contributed by atoms with Gasteiger partial charge in [0.15, 0.2) is 0 Å². The molecular formula is C16H22N2O2S. The molecule has 0 saturated heterocycles. The van der Waals surface area contributed by atoms with Crippen LogP contribution in [-0.4, -0.2) is 28.6 Å². The number of benzene rings is 1. The molecule has 2 N–H and O–H groups in total. The van der Waals surface area contributed by atoms with Crippen LogP contribution in [0.5, 0.6) is 0 Å². The molecule has 1 aromatic heterocycles. The predicted molar refractivity (Wildman–Crippen MR) is 86.4 cm³/mol. The fourth-order valence-electron chi connectivity index (χ4n) is 1.99. The predicted octanol–water partition coefficient (Wildman–Crippen LogP) is 2.75. The quantitative estimate of drug-likeness (QED) is 0.773. The van der Waals surface area contributed by atoms with E-state index < -0.39 is 6.10 Å². The lowest BCUT2D eigenvalue weighted by Crippen LogP contribution is -2.30. The monoisotopic (exact) mass is 306 g/mol. The van der Waals surface area contributed by atoms with Gasteiger partial charge in [0, 0.05) is 13.0 Å². The molecule has 114 valence electrons. The van der Waals surface area contributed by atoms with Crippen molar-refractivity contribution >= 4 is 27.5 Å². The number of hydrogen-bond acceptors (Lipinski definition) is 4. The maximum atomic E-state index is 11.6. The summed E-state index contributed by atoms with van der Waals surface area (Å²) in [4.78, 5) is 16.2. The summed E-state index contributed by atoms with van der Waals surface area (Å²) in [5.74, 6) is 0.0269. The van der Waals surface area contributed by atoms with Crippen LogP contribution in [0.4, 0.5) is 0 Å². The third kappa shape index (κ3) is 4.79. The Balaban J connectivity index is 1.71. The van der Waals surface area contributed by atoms with Gasteiger partial charge in [0.1, 0.15) is 0 Å². The highest BCUT2D eigenvalue weighted by Gasteiger charge is 2.13. The highest BCUT2D eigenvalue weighted by atomic mass is 32.1. The Morgan fingerprint density at radius 3 is 2.86 bits per heavy atom. The molecule has 1 atom stereocenters. The number of nitrogens with zero attached hydrogens (tertiary/aromatic N) is 1. The van der Waals surface area contributed by atoms with Crippen LogP contribution in [0.1, 0.15) is 31.7 Å². The van der Waals surface area contributed by atoms with Gasteiger partial charge in [-0.1, -0.05) is 26.0 Å². The molecule has 1 amide bonds. The van der Waals surface area contributed by atoms with Crippen molar-refractivity contribution in [1.29, 1.82) is 0 Å². The van der Waals surface area contributed by atoms with Crippen molar-refractivity contribution < 1.29 is 9.90 Å². The van der Waals surface area contributed by atoms with Crippen molar-refractivity contribution in [2.75, 3.05) is 6.54 Å². The summed E-state index contributed by atoms with van der Waals surface area (Å²) >= 11 is 1.71. The van der Waals surface area contributed by atoms with Crippen molar-refractivity contribution in [1.82, 2.24) is 10.3 Å². The first-order valence-electron chi connectivity index (χ1n) is 7.35. The summed E-state index contributed by atoms with van der Waals surface area (Å²) in [6, 6.07) is 8.10. The number of aliphatic hydroxyl groups excluding tert-OH is 1. The zero-order valence-electron chi connectivity index (χ0n) is 12.5. The summed E-state index contributed by atoms with van der Waals surface area (Å²) in [5.41, 5.74) is 1.04. The molecule has 2 aromatic rings. The number of carbonyl (C=O) groups is 1. The van der Waals surface area contributed by atoms with Crippen molar-refractivity contribution in [3.63, 3.8) is 0 Å². The van der Waals surface area contributed by atoms with Gasteiger partial charge < -0.3 is 10.4 Å². The average molecular weight is 306 g/mol. The van der Waals surface area contributed by atoms with E-state index in [0.717, 1.165) is 23.4 Å². The van der Waals surface area contributed by atoms with Gasteiger partial charge in [-0.3, -0.25) is 4.79 Å². The minimum absolute atomic E-state index is 0.0829. The highest BCUT2D eigenvalue weighted by molar-refractivity contribution is 7.18. The number of thiazole rings is 1. The molecule has 0 aliphatic rings. The minimum atomic E-state index is -0.561. The number of carbonyl (C=O) groups excluding carboxylic acids is 1. The first-order valence-corrected chi connectivity index (χ1v) is 8.17. The summed E-state index contributed by atoms with van der Waals surface area (Å²) in [5, 5.41) is 13.6. The minimum Gasteiger partial charge on any atom is -0.392 e. The third-order valence-corrected chi connectivity index (χ3v) is 4.49. The van der Waals surface area contributed by atoms with E-state index in [0.29, 0.717) is 6.54 Å². The Morgan fingerprint density at radius 2 is 2.14 bits per heavy atom. The maximum absolute atomic E-state index is 11.6. The lowest BCUT2D eigenvalue weighted by Gasteiger charge is -2.13. The molecule has 2 rings (SSSR count). The fraction of sp³-hybridized carbons (Fsp3) is 0.500. The molecule has 4 nitrogen and oxygen atoms in total. The van der Waals surface area contributed by atoms with E-state index in [2.05, 4.69) is 16.4 Å². The number of amides is 1. The smallest absolute Gasteiger partial charge is 0.222 e. The van der Waals surface area contributed by atoms with Crippen LogP contribution in [0.25, 0.3) is 10.2 Å². The normalized spacial score (nSPS) is 12.8. The summed E-state index contributed by atoms with van der Waals surface area (Å²) in [7, 11) is 0. The fourth-order valence-corrected chi connectivity index (χ4v) is 3.00. The number of aliphatic hydroxyl groups is 1. The molecule has 0 saturated carbocycles. The lowest BCUT2D eigenvalue weighted by molar-refractivity contribution is -0.123. The zero-order chi connectivity index (χ0) is 15.2. The topological polar surface area (TPSA) is 62.2 Å². The summed E-state index contributed by atoms with van der Waals surface area (Å²) < 4.78 is 1.21. The third-order valence-electron chi connectivity index (χ3n) is 3.39. The van der Waals surface area contributed by atoms with Gasteiger partial charge in [-0.05, 0) is 24.5 Å².